The Balaban J connectivity index is 1.63. The van der Waals surface area contributed by atoms with Crippen LogP contribution in [-0.2, 0) is 28.7 Å². The van der Waals surface area contributed by atoms with E-state index in [2.05, 4.69) is 27.7 Å². The molecule has 0 N–H and O–H groups in total. The van der Waals surface area contributed by atoms with Gasteiger partial charge in [-0.05, 0) is 79.4 Å². The summed E-state index contributed by atoms with van der Waals surface area (Å²) in [4.78, 5) is 51.5. The minimum absolute atomic E-state index is 0.0782. The highest BCUT2D eigenvalue weighted by Gasteiger charge is 2.67. The Bertz CT molecular complexity index is 880. The van der Waals surface area contributed by atoms with Crippen molar-refractivity contribution < 1.29 is 28.7 Å². The van der Waals surface area contributed by atoms with Crippen LogP contribution in [0.5, 0.6) is 0 Å². The summed E-state index contributed by atoms with van der Waals surface area (Å²) >= 11 is 0. The van der Waals surface area contributed by atoms with Gasteiger partial charge in [0.15, 0.2) is 0 Å². The Hall–Kier alpha value is -1.72. The summed E-state index contributed by atoms with van der Waals surface area (Å²) in [6.45, 7) is 10.2. The zero-order chi connectivity index (χ0) is 25.7. The third-order valence-electron chi connectivity index (χ3n) is 10.9. The normalized spacial score (nSPS) is 43.5. The molecule has 0 aromatic carbocycles. The quantitative estimate of drug-likeness (QED) is 0.480. The van der Waals surface area contributed by atoms with Gasteiger partial charge in [0.1, 0.15) is 17.7 Å². The van der Waals surface area contributed by atoms with Gasteiger partial charge in [-0.3, -0.25) is 19.2 Å². The number of carbonyl (C=O) groups is 4. The lowest BCUT2D eigenvalue weighted by atomic mass is 9.41. The number of ketones is 2. The van der Waals surface area contributed by atoms with Crippen LogP contribution in [0.4, 0.5) is 0 Å². The molecular formula is C29H44O6. The van der Waals surface area contributed by atoms with Gasteiger partial charge < -0.3 is 9.47 Å². The third-order valence-corrected chi connectivity index (χ3v) is 10.9. The van der Waals surface area contributed by atoms with E-state index in [1.807, 2.05) is 0 Å². The number of ether oxygens (including phenoxy) is 2. The summed E-state index contributed by atoms with van der Waals surface area (Å²) in [5.74, 6) is 0.548. The van der Waals surface area contributed by atoms with Crippen LogP contribution >= 0.6 is 0 Å². The Morgan fingerprint density at radius 3 is 2.43 bits per heavy atom. The maximum atomic E-state index is 14.2. The zero-order valence-corrected chi connectivity index (χ0v) is 22.4. The van der Waals surface area contributed by atoms with Crippen molar-refractivity contribution in [1.82, 2.24) is 0 Å². The van der Waals surface area contributed by atoms with E-state index in [0.29, 0.717) is 31.1 Å². The van der Waals surface area contributed by atoms with E-state index in [-0.39, 0.29) is 70.0 Å². The molecule has 4 fully saturated rings. The Morgan fingerprint density at radius 1 is 1.09 bits per heavy atom. The molecule has 4 rings (SSSR count). The fourth-order valence-corrected chi connectivity index (χ4v) is 9.40. The van der Waals surface area contributed by atoms with Gasteiger partial charge in [0.25, 0.3) is 0 Å². The summed E-state index contributed by atoms with van der Waals surface area (Å²) in [6.07, 6.45) is 6.58. The highest BCUT2D eigenvalue weighted by atomic mass is 16.5. The predicted octanol–water partition coefficient (Wildman–Crippen LogP) is 5.16. The fourth-order valence-electron chi connectivity index (χ4n) is 9.40. The van der Waals surface area contributed by atoms with E-state index in [4.69, 9.17) is 9.47 Å². The number of rotatable bonds is 6. The molecule has 0 aromatic heterocycles. The van der Waals surface area contributed by atoms with Crippen LogP contribution in [0, 0.1) is 52.3 Å². The average Bonchev–Trinajstić information content (AvgIpc) is 3.14. The molecule has 0 bridgehead atoms. The lowest BCUT2D eigenvalue weighted by Crippen LogP contribution is -2.63. The molecular weight excluding hydrogens is 444 g/mol. The van der Waals surface area contributed by atoms with Crippen molar-refractivity contribution in [2.24, 2.45) is 52.3 Å². The highest BCUT2D eigenvalue weighted by molar-refractivity contribution is 5.95. The van der Waals surface area contributed by atoms with Crippen LogP contribution in [0.25, 0.3) is 0 Å². The van der Waals surface area contributed by atoms with E-state index in [1.165, 1.54) is 14.0 Å². The maximum Gasteiger partial charge on any atom is 0.305 e. The van der Waals surface area contributed by atoms with Crippen LogP contribution in [0.1, 0.15) is 92.4 Å². The van der Waals surface area contributed by atoms with Crippen molar-refractivity contribution in [3.05, 3.63) is 0 Å². The predicted molar refractivity (Wildman–Crippen MR) is 131 cm³/mol. The Morgan fingerprint density at radius 2 is 1.80 bits per heavy atom. The molecule has 0 amide bonds. The van der Waals surface area contributed by atoms with E-state index in [1.54, 1.807) is 0 Å². The summed E-state index contributed by atoms with van der Waals surface area (Å²) in [5, 5.41) is 0. The minimum Gasteiger partial charge on any atom is -0.469 e. The van der Waals surface area contributed by atoms with Crippen molar-refractivity contribution in [3.8, 4) is 0 Å². The molecule has 0 aromatic rings. The molecule has 0 radical (unpaired) electrons. The van der Waals surface area contributed by atoms with E-state index in [0.717, 1.165) is 38.5 Å². The first kappa shape index (κ1) is 26.3. The van der Waals surface area contributed by atoms with Gasteiger partial charge in [-0.2, -0.15) is 0 Å². The van der Waals surface area contributed by atoms with Crippen LogP contribution < -0.4 is 0 Å². The molecule has 4 aliphatic carbocycles. The number of Topliss-reactive ketones (excluding diaryl/α,β-unsaturated/α-hetero) is 2. The SMILES string of the molecule is CC[C@H]1C(=O)[C@H]2[C@@H]3CC[C@H]([C@H](C)CCC(=O)OC)[C@@]3(C)CC(=O)[C@@H]2[C@@]2(C)CC[C@@H](OC(C)=O)C[C@@H]12. The van der Waals surface area contributed by atoms with Gasteiger partial charge in [-0.15, -0.1) is 0 Å². The van der Waals surface area contributed by atoms with Gasteiger partial charge in [0.05, 0.1) is 7.11 Å². The molecule has 4 aliphatic rings. The molecule has 0 spiro atoms. The van der Waals surface area contributed by atoms with E-state index >= 15 is 0 Å². The first-order valence-electron chi connectivity index (χ1n) is 13.8. The van der Waals surface area contributed by atoms with Crippen molar-refractivity contribution in [2.45, 2.75) is 98.5 Å². The lowest BCUT2D eigenvalue weighted by molar-refractivity contribution is -0.183. The lowest BCUT2D eigenvalue weighted by Gasteiger charge is -2.61. The van der Waals surface area contributed by atoms with Gasteiger partial charge in [-0.25, -0.2) is 0 Å². The average molecular weight is 489 g/mol. The molecule has 6 heteroatoms. The number of carbonyl (C=O) groups excluding carboxylic acids is 4. The van der Waals surface area contributed by atoms with Crippen LogP contribution in [0.2, 0.25) is 0 Å². The highest BCUT2D eigenvalue weighted by Crippen LogP contribution is 2.67. The molecule has 10 atom stereocenters. The fraction of sp³-hybridized carbons (Fsp3) is 0.862. The standard InChI is InChI=1S/C29H44O6/c1-7-19-22-14-18(35-17(3)30)12-13-28(22,4)26-23(31)15-29(5)20(16(2)8-11-24(32)34-6)9-10-21(29)25(26)27(19)33/h16,18-22,25-26H,7-15H2,1-6H3/t16-,18-,19-,20-,21+,22+,25+,26+,28+,29-/m1/s1. The molecule has 0 unspecified atom stereocenters. The molecule has 6 nitrogen and oxygen atoms in total. The second-order valence-electron chi connectivity index (χ2n) is 12.6. The number of fused-ring (bicyclic) bond motifs is 5. The summed E-state index contributed by atoms with van der Waals surface area (Å²) in [6, 6.07) is 0. The van der Waals surface area contributed by atoms with E-state index in [9.17, 15) is 19.2 Å². The monoisotopic (exact) mass is 488 g/mol. The van der Waals surface area contributed by atoms with Gasteiger partial charge in [0, 0.05) is 37.5 Å². The first-order chi connectivity index (χ1) is 16.5. The number of esters is 2. The summed E-state index contributed by atoms with van der Waals surface area (Å²) < 4.78 is 10.4. The Kier molecular flexibility index (Phi) is 7.25. The first-order valence-corrected chi connectivity index (χ1v) is 13.8. The van der Waals surface area contributed by atoms with Gasteiger partial charge in [-0.1, -0.05) is 27.7 Å². The van der Waals surface area contributed by atoms with Crippen LogP contribution in [-0.4, -0.2) is 36.7 Å². The number of hydrogen-bond donors (Lipinski definition) is 0. The van der Waals surface area contributed by atoms with Crippen molar-refractivity contribution >= 4 is 23.5 Å². The molecule has 0 heterocycles. The topological polar surface area (TPSA) is 86.7 Å². The zero-order valence-electron chi connectivity index (χ0n) is 22.4. The number of hydrogen-bond acceptors (Lipinski definition) is 6. The molecule has 35 heavy (non-hydrogen) atoms. The molecule has 0 aliphatic heterocycles. The number of methoxy groups -OCH3 is 1. The van der Waals surface area contributed by atoms with Crippen LogP contribution in [0.15, 0.2) is 0 Å². The Labute approximate surface area is 210 Å². The van der Waals surface area contributed by atoms with Crippen LogP contribution in [0.3, 0.4) is 0 Å². The van der Waals surface area contributed by atoms with Gasteiger partial charge >= 0.3 is 11.9 Å². The largest absolute Gasteiger partial charge is 0.469 e. The minimum atomic E-state index is -0.269. The summed E-state index contributed by atoms with van der Waals surface area (Å²) in [7, 11) is 1.42. The molecule has 4 saturated carbocycles. The van der Waals surface area contributed by atoms with Crippen molar-refractivity contribution in [2.75, 3.05) is 7.11 Å². The van der Waals surface area contributed by atoms with Crippen molar-refractivity contribution in [3.63, 3.8) is 0 Å². The van der Waals surface area contributed by atoms with Crippen molar-refractivity contribution in [1.29, 1.82) is 0 Å². The van der Waals surface area contributed by atoms with E-state index < -0.39 is 0 Å². The van der Waals surface area contributed by atoms with Gasteiger partial charge in [0.2, 0.25) is 0 Å². The molecule has 0 saturated heterocycles. The summed E-state index contributed by atoms with van der Waals surface area (Å²) in [5.41, 5.74) is -0.414. The molecule has 196 valence electrons. The second kappa shape index (κ2) is 9.63. The smallest absolute Gasteiger partial charge is 0.305 e. The third kappa shape index (κ3) is 4.27. The maximum absolute atomic E-state index is 14.2. The second-order valence-corrected chi connectivity index (χ2v) is 12.6.